The van der Waals surface area contributed by atoms with Crippen molar-refractivity contribution in [2.24, 2.45) is 16.8 Å². The first kappa shape index (κ1) is 14.3. The van der Waals surface area contributed by atoms with Crippen molar-refractivity contribution in [2.75, 3.05) is 19.7 Å². The van der Waals surface area contributed by atoms with Crippen LogP contribution in [0.25, 0.3) is 0 Å². The van der Waals surface area contributed by atoms with Gasteiger partial charge in [-0.15, -0.1) is 0 Å². The first-order chi connectivity index (χ1) is 9.65. The standard InChI is InChI=1S/C13H18N4O3/c14-12(16-20)10-1-2-11(15-7-10)13(19)17-5-3-9(8-17)4-6-18/h1-2,7,9,18,20H,3-6,8H2,(H2,14,16). The molecule has 0 saturated carbocycles. The molecule has 1 aromatic heterocycles. The zero-order valence-electron chi connectivity index (χ0n) is 11.1. The maximum Gasteiger partial charge on any atom is 0.272 e. The normalized spacial score (nSPS) is 19.4. The van der Waals surface area contributed by atoms with E-state index in [1.54, 1.807) is 17.0 Å². The number of hydrogen-bond acceptors (Lipinski definition) is 5. The number of oxime groups is 1. The van der Waals surface area contributed by atoms with E-state index in [0.717, 1.165) is 12.8 Å². The Morgan fingerprint density at radius 1 is 1.55 bits per heavy atom. The number of carbonyl (C=O) groups excluding carboxylic acids is 1. The number of nitrogens with two attached hydrogens (primary N) is 1. The fourth-order valence-corrected chi connectivity index (χ4v) is 2.33. The van der Waals surface area contributed by atoms with Gasteiger partial charge in [-0.05, 0) is 30.9 Å². The van der Waals surface area contributed by atoms with E-state index in [-0.39, 0.29) is 18.3 Å². The van der Waals surface area contributed by atoms with Crippen LogP contribution in [0.2, 0.25) is 0 Å². The van der Waals surface area contributed by atoms with Gasteiger partial charge in [0.25, 0.3) is 5.91 Å². The van der Waals surface area contributed by atoms with Crippen LogP contribution in [0.4, 0.5) is 0 Å². The van der Waals surface area contributed by atoms with Crippen LogP contribution in [-0.4, -0.2) is 51.6 Å². The third kappa shape index (κ3) is 3.05. The van der Waals surface area contributed by atoms with Gasteiger partial charge in [0.15, 0.2) is 5.84 Å². The second kappa shape index (κ2) is 6.33. The Bertz CT molecular complexity index is 501. The third-order valence-electron chi connectivity index (χ3n) is 3.50. The number of hydrogen-bond donors (Lipinski definition) is 3. The van der Waals surface area contributed by atoms with Crippen molar-refractivity contribution in [3.63, 3.8) is 0 Å². The van der Waals surface area contributed by atoms with Gasteiger partial charge in [-0.25, -0.2) is 0 Å². The van der Waals surface area contributed by atoms with Crippen LogP contribution in [0.5, 0.6) is 0 Å². The smallest absolute Gasteiger partial charge is 0.272 e. The molecule has 20 heavy (non-hydrogen) atoms. The summed E-state index contributed by atoms with van der Waals surface area (Å²) in [6.45, 7) is 1.50. The molecule has 7 nitrogen and oxygen atoms in total. The molecule has 1 unspecified atom stereocenters. The molecule has 1 aromatic rings. The second-order valence-corrected chi connectivity index (χ2v) is 4.84. The monoisotopic (exact) mass is 278 g/mol. The molecule has 1 amide bonds. The Labute approximate surface area is 116 Å². The van der Waals surface area contributed by atoms with Gasteiger partial charge >= 0.3 is 0 Å². The number of aliphatic hydroxyl groups excluding tert-OH is 1. The lowest BCUT2D eigenvalue weighted by Crippen LogP contribution is -2.29. The molecule has 2 heterocycles. The number of nitrogens with zero attached hydrogens (tertiary/aromatic N) is 3. The van der Waals surface area contributed by atoms with Crippen molar-refractivity contribution in [3.8, 4) is 0 Å². The Kier molecular flexibility index (Phi) is 4.52. The summed E-state index contributed by atoms with van der Waals surface area (Å²) >= 11 is 0. The van der Waals surface area contributed by atoms with E-state index >= 15 is 0 Å². The van der Waals surface area contributed by atoms with E-state index in [4.69, 9.17) is 16.0 Å². The first-order valence-electron chi connectivity index (χ1n) is 6.49. The fraction of sp³-hybridized carbons (Fsp3) is 0.462. The van der Waals surface area contributed by atoms with Gasteiger partial charge < -0.3 is 20.9 Å². The zero-order valence-corrected chi connectivity index (χ0v) is 11.1. The van der Waals surface area contributed by atoms with Gasteiger partial charge in [-0.2, -0.15) is 0 Å². The van der Waals surface area contributed by atoms with Crippen LogP contribution in [-0.2, 0) is 0 Å². The average Bonchev–Trinajstić information content (AvgIpc) is 2.95. The molecule has 1 fully saturated rings. The molecule has 1 atom stereocenters. The summed E-state index contributed by atoms with van der Waals surface area (Å²) in [5.41, 5.74) is 6.23. The summed E-state index contributed by atoms with van der Waals surface area (Å²) in [6.07, 6.45) is 3.04. The summed E-state index contributed by atoms with van der Waals surface area (Å²) in [5.74, 6) is 0.192. The molecule has 1 aliphatic rings. The number of carbonyl (C=O) groups is 1. The maximum atomic E-state index is 12.2. The summed E-state index contributed by atoms with van der Waals surface area (Å²) in [7, 11) is 0. The number of aliphatic hydroxyl groups is 1. The van der Waals surface area contributed by atoms with Crippen molar-refractivity contribution in [2.45, 2.75) is 12.8 Å². The lowest BCUT2D eigenvalue weighted by atomic mass is 10.1. The SMILES string of the molecule is N/C(=N/O)c1ccc(C(=O)N2CCC(CCO)C2)nc1. The van der Waals surface area contributed by atoms with Crippen LogP contribution < -0.4 is 5.73 Å². The number of pyridine rings is 1. The van der Waals surface area contributed by atoms with Gasteiger partial charge in [0.05, 0.1) is 0 Å². The van der Waals surface area contributed by atoms with Crippen LogP contribution in [0.1, 0.15) is 28.9 Å². The summed E-state index contributed by atoms with van der Waals surface area (Å²) in [4.78, 5) is 18.0. The highest BCUT2D eigenvalue weighted by Gasteiger charge is 2.27. The lowest BCUT2D eigenvalue weighted by Gasteiger charge is -2.15. The summed E-state index contributed by atoms with van der Waals surface area (Å²) in [5, 5.41) is 20.4. The molecule has 4 N–H and O–H groups in total. The molecule has 7 heteroatoms. The van der Waals surface area contributed by atoms with Gasteiger partial charge in [0, 0.05) is 31.5 Å². The molecule has 0 radical (unpaired) electrons. The largest absolute Gasteiger partial charge is 0.409 e. The number of amidine groups is 1. The summed E-state index contributed by atoms with van der Waals surface area (Å²) in [6, 6.07) is 3.16. The second-order valence-electron chi connectivity index (χ2n) is 4.84. The van der Waals surface area contributed by atoms with Crippen molar-refractivity contribution in [1.82, 2.24) is 9.88 Å². The van der Waals surface area contributed by atoms with Gasteiger partial charge in [0.2, 0.25) is 0 Å². The minimum absolute atomic E-state index is 0.0410. The number of amides is 1. The van der Waals surface area contributed by atoms with E-state index in [2.05, 4.69) is 10.1 Å². The predicted octanol–water partition coefficient (Wildman–Crippen LogP) is 0.0206. The van der Waals surface area contributed by atoms with Crippen molar-refractivity contribution in [1.29, 1.82) is 0 Å². The first-order valence-corrected chi connectivity index (χ1v) is 6.49. The van der Waals surface area contributed by atoms with Crippen molar-refractivity contribution in [3.05, 3.63) is 29.6 Å². The highest BCUT2D eigenvalue weighted by molar-refractivity contribution is 5.98. The number of aromatic nitrogens is 1. The van der Waals surface area contributed by atoms with Crippen LogP contribution in [0.3, 0.4) is 0 Å². The quantitative estimate of drug-likeness (QED) is 0.311. The fourth-order valence-electron chi connectivity index (χ4n) is 2.33. The maximum absolute atomic E-state index is 12.2. The molecule has 1 saturated heterocycles. The number of rotatable bonds is 4. The molecule has 0 aromatic carbocycles. The van der Waals surface area contributed by atoms with E-state index in [1.165, 1.54) is 6.20 Å². The molecule has 0 spiro atoms. The summed E-state index contributed by atoms with van der Waals surface area (Å²) < 4.78 is 0. The Hall–Kier alpha value is -2.15. The molecule has 2 rings (SSSR count). The topological polar surface area (TPSA) is 112 Å². The molecule has 0 aliphatic carbocycles. The van der Waals surface area contributed by atoms with Crippen LogP contribution in [0, 0.1) is 5.92 Å². The molecule has 0 bridgehead atoms. The van der Waals surface area contributed by atoms with Gasteiger partial charge in [0.1, 0.15) is 5.69 Å². The Balaban J connectivity index is 2.03. The molecular formula is C13H18N4O3. The third-order valence-corrected chi connectivity index (χ3v) is 3.50. The lowest BCUT2D eigenvalue weighted by molar-refractivity contribution is 0.0779. The van der Waals surface area contributed by atoms with Crippen LogP contribution in [0.15, 0.2) is 23.5 Å². The van der Waals surface area contributed by atoms with Crippen LogP contribution >= 0.6 is 0 Å². The average molecular weight is 278 g/mol. The number of likely N-dealkylation sites (tertiary alicyclic amines) is 1. The highest BCUT2D eigenvalue weighted by atomic mass is 16.4. The molecular weight excluding hydrogens is 260 g/mol. The minimum atomic E-state index is -0.128. The zero-order chi connectivity index (χ0) is 14.5. The van der Waals surface area contributed by atoms with E-state index in [0.29, 0.717) is 30.3 Å². The van der Waals surface area contributed by atoms with Crippen molar-refractivity contribution >= 4 is 11.7 Å². The molecule has 1 aliphatic heterocycles. The Morgan fingerprint density at radius 2 is 2.35 bits per heavy atom. The minimum Gasteiger partial charge on any atom is -0.409 e. The van der Waals surface area contributed by atoms with E-state index in [1.807, 2.05) is 0 Å². The van der Waals surface area contributed by atoms with Gasteiger partial charge in [-0.1, -0.05) is 5.16 Å². The highest BCUT2D eigenvalue weighted by Crippen LogP contribution is 2.20. The Morgan fingerprint density at radius 3 is 2.95 bits per heavy atom. The molecule has 108 valence electrons. The van der Waals surface area contributed by atoms with Crippen molar-refractivity contribution < 1.29 is 15.1 Å². The van der Waals surface area contributed by atoms with Gasteiger partial charge in [-0.3, -0.25) is 9.78 Å². The van der Waals surface area contributed by atoms with E-state index < -0.39 is 0 Å². The van der Waals surface area contributed by atoms with E-state index in [9.17, 15) is 4.79 Å². The predicted molar refractivity (Wildman–Crippen MR) is 72.5 cm³/mol.